The molecule has 0 spiro atoms. The zero-order chi connectivity index (χ0) is 11.3. The van der Waals surface area contributed by atoms with Gasteiger partial charge in [-0.05, 0) is 37.4 Å². The van der Waals surface area contributed by atoms with Crippen LogP contribution in [0.15, 0.2) is 11.4 Å². The largest absolute Gasteiger partial charge is 0.350 e. The molecule has 0 saturated carbocycles. The van der Waals surface area contributed by atoms with E-state index in [0.717, 1.165) is 17.0 Å². The minimum absolute atomic E-state index is 0.0345. The van der Waals surface area contributed by atoms with Crippen molar-refractivity contribution >= 4 is 17.2 Å². The highest BCUT2D eigenvalue weighted by atomic mass is 32.1. The number of thiophene rings is 1. The molecule has 0 aromatic carbocycles. The van der Waals surface area contributed by atoms with Gasteiger partial charge in [0.05, 0.1) is 4.88 Å². The normalized spacial score (nSPS) is 12.5. The van der Waals surface area contributed by atoms with Crippen LogP contribution in [0.5, 0.6) is 0 Å². The molecule has 1 aromatic rings. The molecule has 84 valence electrons. The zero-order valence-electron chi connectivity index (χ0n) is 9.46. The molecule has 0 unspecified atom stereocenters. The van der Waals surface area contributed by atoms with Crippen molar-refractivity contribution < 1.29 is 4.79 Å². The summed E-state index contributed by atoms with van der Waals surface area (Å²) < 4.78 is 0. The van der Waals surface area contributed by atoms with Crippen LogP contribution in [0, 0.1) is 6.92 Å². The van der Waals surface area contributed by atoms with E-state index in [1.54, 1.807) is 0 Å². The summed E-state index contributed by atoms with van der Waals surface area (Å²) in [6.45, 7) is 7.67. The van der Waals surface area contributed by atoms with Crippen molar-refractivity contribution in [2.24, 2.45) is 0 Å². The van der Waals surface area contributed by atoms with Gasteiger partial charge in [-0.1, -0.05) is 6.92 Å². The summed E-state index contributed by atoms with van der Waals surface area (Å²) in [5, 5.41) is 8.11. The van der Waals surface area contributed by atoms with Gasteiger partial charge in [0.2, 0.25) is 0 Å². The van der Waals surface area contributed by atoms with Crippen molar-refractivity contribution in [2.75, 3.05) is 13.1 Å². The Morgan fingerprint density at radius 1 is 1.60 bits per heavy atom. The summed E-state index contributed by atoms with van der Waals surface area (Å²) in [5.41, 5.74) is 1.05. The van der Waals surface area contributed by atoms with E-state index < -0.39 is 0 Å². The van der Waals surface area contributed by atoms with Crippen LogP contribution in [0.25, 0.3) is 0 Å². The van der Waals surface area contributed by atoms with Crippen molar-refractivity contribution in [3.8, 4) is 0 Å². The van der Waals surface area contributed by atoms with Crippen LogP contribution >= 0.6 is 11.3 Å². The molecular formula is C11H18N2OS. The van der Waals surface area contributed by atoms with E-state index in [-0.39, 0.29) is 5.91 Å². The van der Waals surface area contributed by atoms with Crippen LogP contribution in [-0.4, -0.2) is 25.0 Å². The predicted molar refractivity (Wildman–Crippen MR) is 64.5 cm³/mol. The number of amides is 1. The third kappa shape index (κ3) is 3.64. The molecule has 0 aliphatic heterocycles. The molecule has 0 fully saturated rings. The molecule has 1 atom stereocenters. The first kappa shape index (κ1) is 12.2. The van der Waals surface area contributed by atoms with Crippen LogP contribution in [0.4, 0.5) is 0 Å². The number of likely N-dealkylation sites (N-methyl/N-ethyl adjacent to an activating group) is 1. The highest BCUT2D eigenvalue weighted by molar-refractivity contribution is 7.12. The van der Waals surface area contributed by atoms with E-state index in [1.807, 2.05) is 18.4 Å². The van der Waals surface area contributed by atoms with Gasteiger partial charge in [0.25, 0.3) is 5.91 Å². The lowest BCUT2D eigenvalue weighted by atomic mass is 10.2. The van der Waals surface area contributed by atoms with Crippen molar-refractivity contribution in [2.45, 2.75) is 26.8 Å². The summed E-state index contributed by atoms with van der Waals surface area (Å²) in [7, 11) is 0. The zero-order valence-corrected chi connectivity index (χ0v) is 10.3. The number of carbonyl (C=O) groups is 1. The van der Waals surface area contributed by atoms with Gasteiger partial charge in [-0.25, -0.2) is 0 Å². The first-order valence-electron chi connectivity index (χ1n) is 5.20. The van der Waals surface area contributed by atoms with Gasteiger partial charge in [-0.2, -0.15) is 0 Å². The Kier molecular flexibility index (Phi) is 4.78. The smallest absolute Gasteiger partial charge is 0.261 e. The second kappa shape index (κ2) is 5.88. The number of hydrogen-bond donors (Lipinski definition) is 2. The molecule has 2 N–H and O–H groups in total. The number of aryl methyl sites for hydroxylation is 1. The topological polar surface area (TPSA) is 41.1 Å². The van der Waals surface area contributed by atoms with Gasteiger partial charge in [0.1, 0.15) is 0 Å². The molecule has 3 nitrogen and oxygen atoms in total. The first-order valence-corrected chi connectivity index (χ1v) is 6.08. The Hall–Kier alpha value is -0.870. The van der Waals surface area contributed by atoms with E-state index in [4.69, 9.17) is 0 Å². The molecule has 0 aliphatic rings. The van der Waals surface area contributed by atoms with Gasteiger partial charge in [-0.15, -0.1) is 11.3 Å². The SMILES string of the molecule is CCN[C@H](C)CNC(=O)c1sccc1C. The highest BCUT2D eigenvalue weighted by Gasteiger charge is 2.10. The molecule has 0 bridgehead atoms. The summed E-state index contributed by atoms with van der Waals surface area (Å²) in [4.78, 5) is 12.5. The number of carbonyl (C=O) groups excluding carboxylic acids is 1. The van der Waals surface area contributed by atoms with Crippen LogP contribution in [0.1, 0.15) is 29.1 Å². The summed E-state index contributed by atoms with van der Waals surface area (Å²) >= 11 is 1.49. The van der Waals surface area contributed by atoms with Gasteiger partial charge >= 0.3 is 0 Å². The molecule has 1 aromatic heterocycles. The Balaban J connectivity index is 2.40. The average Bonchev–Trinajstić information content (AvgIpc) is 2.61. The Bertz CT molecular complexity index is 322. The van der Waals surface area contributed by atoms with E-state index in [1.165, 1.54) is 11.3 Å². The number of nitrogens with one attached hydrogen (secondary N) is 2. The predicted octanol–water partition coefficient (Wildman–Crippen LogP) is 1.78. The monoisotopic (exact) mass is 226 g/mol. The summed E-state index contributed by atoms with van der Waals surface area (Å²) in [6.07, 6.45) is 0. The lowest BCUT2D eigenvalue weighted by molar-refractivity contribution is 0.0954. The molecule has 1 rings (SSSR count). The molecule has 0 saturated heterocycles. The van der Waals surface area contributed by atoms with Crippen LogP contribution in [0.3, 0.4) is 0 Å². The standard InChI is InChI=1S/C11H18N2OS/c1-4-12-9(3)7-13-11(14)10-8(2)5-6-15-10/h5-6,9,12H,4,7H2,1-3H3,(H,13,14)/t9-/m1/s1. The molecule has 0 aliphatic carbocycles. The van der Waals surface area contributed by atoms with Crippen LogP contribution in [0.2, 0.25) is 0 Å². The number of hydrogen-bond acceptors (Lipinski definition) is 3. The number of rotatable bonds is 5. The van der Waals surface area contributed by atoms with Crippen LogP contribution in [-0.2, 0) is 0 Å². The van der Waals surface area contributed by atoms with Crippen molar-refractivity contribution in [1.29, 1.82) is 0 Å². The molecule has 1 heterocycles. The molecule has 15 heavy (non-hydrogen) atoms. The first-order chi connectivity index (χ1) is 7.15. The average molecular weight is 226 g/mol. The second-order valence-electron chi connectivity index (χ2n) is 3.60. The molecule has 1 amide bonds. The van der Waals surface area contributed by atoms with Gasteiger partial charge < -0.3 is 10.6 Å². The third-order valence-corrected chi connectivity index (χ3v) is 3.20. The third-order valence-electron chi connectivity index (χ3n) is 2.19. The Morgan fingerprint density at radius 3 is 2.87 bits per heavy atom. The minimum atomic E-state index is 0.0345. The van der Waals surface area contributed by atoms with Gasteiger partial charge in [0.15, 0.2) is 0 Å². The quantitative estimate of drug-likeness (QED) is 0.803. The summed E-state index contributed by atoms with van der Waals surface area (Å²) in [5.74, 6) is 0.0345. The molecular weight excluding hydrogens is 208 g/mol. The fraction of sp³-hybridized carbons (Fsp3) is 0.545. The fourth-order valence-electron chi connectivity index (χ4n) is 1.35. The van der Waals surface area contributed by atoms with Crippen molar-refractivity contribution in [3.63, 3.8) is 0 Å². The summed E-state index contributed by atoms with van der Waals surface area (Å²) in [6, 6.07) is 2.28. The maximum Gasteiger partial charge on any atom is 0.261 e. The molecule has 0 radical (unpaired) electrons. The fourth-order valence-corrected chi connectivity index (χ4v) is 2.19. The lowest BCUT2D eigenvalue weighted by Crippen LogP contribution is -2.38. The van der Waals surface area contributed by atoms with E-state index in [2.05, 4.69) is 24.5 Å². The van der Waals surface area contributed by atoms with E-state index in [9.17, 15) is 4.79 Å². The van der Waals surface area contributed by atoms with Gasteiger partial charge in [0, 0.05) is 12.6 Å². The lowest BCUT2D eigenvalue weighted by Gasteiger charge is -2.12. The maximum atomic E-state index is 11.7. The Morgan fingerprint density at radius 2 is 2.33 bits per heavy atom. The highest BCUT2D eigenvalue weighted by Crippen LogP contribution is 2.14. The van der Waals surface area contributed by atoms with Gasteiger partial charge in [-0.3, -0.25) is 4.79 Å². The van der Waals surface area contributed by atoms with Crippen molar-refractivity contribution in [3.05, 3.63) is 21.9 Å². The minimum Gasteiger partial charge on any atom is -0.350 e. The van der Waals surface area contributed by atoms with E-state index >= 15 is 0 Å². The van der Waals surface area contributed by atoms with E-state index in [0.29, 0.717) is 12.6 Å². The molecule has 4 heteroatoms. The maximum absolute atomic E-state index is 11.7. The Labute approximate surface area is 94.9 Å². The van der Waals surface area contributed by atoms with Crippen molar-refractivity contribution in [1.82, 2.24) is 10.6 Å². The van der Waals surface area contributed by atoms with Crippen LogP contribution < -0.4 is 10.6 Å². The second-order valence-corrected chi connectivity index (χ2v) is 4.52.